The fourth-order valence-electron chi connectivity index (χ4n) is 3.41. The topological polar surface area (TPSA) is 56.4 Å². The number of halogens is 1. The van der Waals surface area contributed by atoms with Gasteiger partial charge in [0.15, 0.2) is 0 Å². The first-order valence-corrected chi connectivity index (χ1v) is 9.03. The second kappa shape index (κ2) is 7.08. The standard InChI is InChI=1S/C19H24ClN3O2/c1-12-4-5-16-15(10-12)17(20)18(21-16)19(25)23-8-6-14(7-9-23)11-22(3)13(2)24/h4-5,10,14,21H,6-9,11H2,1-3H3. The molecule has 2 amide bonds. The number of carbonyl (C=O) groups is 2. The highest BCUT2D eigenvalue weighted by Gasteiger charge is 2.27. The number of hydrogen-bond donors (Lipinski definition) is 1. The number of carbonyl (C=O) groups excluding carboxylic acids is 2. The third-order valence-corrected chi connectivity index (χ3v) is 5.47. The molecule has 134 valence electrons. The van der Waals surface area contributed by atoms with Crippen molar-refractivity contribution in [2.24, 2.45) is 5.92 Å². The molecule has 6 heteroatoms. The number of rotatable bonds is 3. The maximum atomic E-state index is 12.9. The lowest BCUT2D eigenvalue weighted by atomic mass is 9.96. The van der Waals surface area contributed by atoms with Crippen LogP contribution >= 0.6 is 11.6 Å². The fourth-order valence-corrected chi connectivity index (χ4v) is 3.70. The quantitative estimate of drug-likeness (QED) is 0.910. The molecule has 5 nitrogen and oxygen atoms in total. The summed E-state index contributed by atoms with van der Waals surface area (Å²) in [6, 6.07) is 5.95. The van der Waals surface area contributed by atoms with Gasteiger partial charge < -0.3 is 14.8 Å². The molecule has 2 heterocycles. The maximum absolute atomic E-state index is 12.9. The Labute approximate surface area is 152 Å². The number of benzene rings is 1. The van der Waals surface area contributed by atoms with Crippen molar-refractivity contribution in [1.29, 1.82) is 0 Å². The van der Waals surface area contributed by atoms with E-state index in [1.807, 2.05) is 37.1 Å². The molecule has 1 aliphatic rings. The Morgan fingerprint density at radius 3 is 2.64 bits per heavy atom. The minimum Gasteiger partial charge on any atom is -0.349 e. The van der Waals surface area contributed by atoms with Crippen molar-refractivity contribution in [2.75, 3.05) is 26.7 Å². The van der Waals surface area contributed by atoms with E-state index in [-0.39, 0.29) is 11.8 Å². The monoisotopic (exact) mass is 361 g/mol. The molecule has 0 saturated carbocycles. The Morgan fingerprint density at radius 1 is 1.32 bits per heavy atom. The van der Waals surface area contributed by atoms with Gasteiger partial charge in [0.2, 0.25) is 5.91 Å². The number of likely N-dealkylation sites (tertiary alicyclic amines) is 1. The Balaban J connectivity index is 1.69. The SMILES string of the molecule is CC(=O)N(C)CC1CCN(C(=O)c2[nH]c3ccc(C)cc3c2Cl)CC1. The van der Waals surface area contributed by atoms with Gasteiger partial charge in [-0.25, -0.2) is 0 Å². The summed E-state index contributed by atoms with van der Waals surface area (Å²) in [4.78, 5) is 31.0. The van der Waals surface area contributed by atoms with Crippen LogP contribution in [0.4, 0.5) is 0 Å². The van der Waals surface area contributed by atoms with Gasteiger partial charge in [-0.15, -0.1) is 0 Å². The van der Waals surface area contributed by atoms with E-state index < -0.39 is 0 Å². The Morgan fingerprint density at radius 2 is 2.00 bits per heavy atom. The van der Waals surface area contributed by atoms with Crippen LogP contribution < -0.4 is 0 Å². The predicted molar refractivity (Wildman–Crippen MR) is 100.0 cm³/mol. The summed E-state index contributed by atoms with van der Waals surface area (Å²) in [5, 5.41) is 1.39. The normalized spacial score (nSPS) is 15.6. The number of aryl methyl sites for hydroxylation is 1. The van der Waals surface area contributed by atoms with Crippen molar-refractivity contribution in [2.45, 2.75) is 26.7 Å². The van der Waals surface area contributed by atoms with Gasteiger partial charge in [-0.3, -0.25) is 9.59 Å². The summed E-state index contributed by atoms with van der Waals surface area (Å²) >= 11 is 6.45. The van der Waals surface area contributed by atoms with Crippen molar-refractivity contribution >= 4 is 34.3 Å². The largest absolute Gasteiger partial charge is 0.349 e. The van der Waals surface area contributed by atoms with Crippen molar-refractivity contribution in [3.63, 3.8) is 0 Å². The van der Waals surface area contributed by atoms with E-state index in [4.69, 9.17) is 11.6 Å². The smallest absolute Gasteiger partial charge is 0.271 e. The molecule has 1 N–H and O–H groups in total. The van der Waals surface area contributed by atoms with Crippen molar-refractivity contribution in [3.05, 3.63) is 34.5 Å². The molecular formula is C19H24ClN3O2. The summed E-state index contributed by atoms with van der Waals surface area (Å²) in [5.41, 5.74) is 2.47. The molecule has 1 aliphatic heterocycles. The van der Waals surface area contributed by atoms with Crippen molar-refractivity contribution in [1.82, 2.24) is 14.8 Å². The second-order valence-electron chi connectivity index (χ2n) is 7.00. The molecule has 0 atom stereocenters. The van der Waals surface area contributed by atoms with Gasteiger partial charge in [-0.1, -0.05) is 23.2 Å². The Kier molecular flexibility index (Phi) is 5.04. The number of nitrogens with one attached hydrogen (secondary N) is 1. The zero-order valence-corrected chi connectivity index (χ0v) is 15.7. The zero-order valence-electron chi connectivity index (χ0n) is 14.9. The number of fused-ring (bicyclic) bond motifs is 1. The number of nitrogens with zero attached hydrogens (tertiary/aromatic N) is 2. The van der Waals surface area contributed by atoms with Gasteiger partial charge in [0.25, 0.3) is 5.91 Å². The van der Waals surface area contributed by atoms with E-state index in [1.54, 1.807) is 11.8 Å². The molecule has 0 bridgehead atoms. The second-order valence-corrected chi connectivity index (χ2v) is 7.38. The van der Waals surface area contributed by atoms with Crippen LogP contribution in [-0.4, -0.2) is 53.3 Å². The third-order valence-electron chi connectivity index (χ3n) is 5.08. The average molecular weight is 362 g/mol. The lowest BCUT2D eigenvalue weighted by Crippen LogP contribution is -2.41. The molecule has 3 rings (SSSR count). The van der Waals surface area contributed by atoms with Crippen LogP contribution in [0.2, 0.25) is 5.02 Å². The van der Waals surface area contributed by atoms with Gasteiger partial charge in [-0.2, -0.15) is 0 Å². The van der Waals surface area contributed by atoms with E-state index in [1.165, 1.54) is 0 Å². The molecule has 25 heavy (non-hydrogen) atoms. The van der Waals surface area contributed by atoms with E-state index in [2.05, 4.69) is 4.98 Å². The highest BCUT2D eigenvalue weighted by Crippen LogP contribution is 2.30. The van der Waals surface area contributed by atoms with Crippen molar-refractivity contribution in [3.8, 4) is 0 Å². The minimum absolute atomic E-state index is 0.0442. The number of aromatic amines is 1. The van der Waals surface area contributed by atoms with Gasteiger partial charge in [0.05, 0.1) is 5.02 Å². The molecule has 2 aromatic rings. The first kappa shape index (κ1) is 17.8. The highest BCUT2D eigenvalue weighted by molar-refractivity contribution is 6.38. The lowest BCUT2D eigenvalue weighted by molar-refractivity contribution is -0.128. The van der Waals surface area contributed by atoms with Crippen LogP contribution in [0.3, 0.4) is 0 Å². The van der Waals surface area contributed by atoms with Crippen LogP contribution in [0.5, 0.6) is 0 Å². The van der Waals surface area contributed by atoms with E-state index in [0.717, 1.165) is 35.9 Å². The summed E-state index contributed by atoms with van der Waals surface area (Å²) in [6.07, 6.45) is 1.81. The Bertz CT molecular complexity index is 806. The number of hydrogen-bond acceptors (Lipinski definition) is 2. The van der Waals surface area contributed by atoms with Gasteiger partial charge in [-0.05, 0) is 37.8 Å². The number of aromatic nitrogens is 1. The Hall–Kier alpha value is -2.01. The van der Waals surface area contributed by atoms with E-state index >= 15 is 0 Å². The predicted octanol–water partition coefficient (Wildman–Crippen LogP) is 3.46. The lowest BCUT2D eigenvalue weighted by Gasteiger charge is -2.33. The highest BCUT2D eigenvalue weighted by atomic mass is 35.5. The molecule has 1 aromatic carbocycles. The molecule has 0 spiro atoms. The molecule has 0 unspecified atom stereocenters. The van der Waals surface area contributed by atoms with Crippen LogP contribution in [0.1, 0.15) is 35.8 Å². The van der Waals surface area contributed by atoms with E-state index in [9.17, 15) is 9.59 Å². The van der Waals surface area contributed by atoms with Gasteiger partial charge in [0, 0.05) is 44.5 Å². The van der Waals surface area contributed by atoms with Crippen LogP contribution in [0.15, 0.2) is 18.2 Å². The summed E-state index contributed by atoms with van der Waals surface area (Å²) in [6.45, 7) is 5.73. The van der Waals surface area contributed by atoms with Crippen LogP contribution in [0, 0.1) is 12.8 Å². The fraction of sp³-hybridized carbons (Fsp3) is 0.474. The zero-order chi connectivity index (χ0) is 18.1. The molecule has 0 radical (unpaired) electrons. The van der Waals surface area contributed by atoms with Gasteiger partial charge >= 0.3 is 0 Å². The molecule has 1 aromatic heterocycles. The molecule has 0 aliphatic carbocycles. The van der Waals surface area contributed by atoms with Crippen LogP contribution in [0.25, 0.3) is 10.9 Å². The molecule has 1 saturated heterocycles. The minimum atomic E-state index is -0.0442. The summed E-state index contributed by atoms with van der Waals surface area (Å²) in [5.74, 6) is 0.481. The number of H-pyrrole nitrogens is 1. The number of piperidine rings is 1. The maximum Gasteiger partial charge on any atom is 0.271 e. The average Bonchev–Trinajstić information content (AvgIpc) is 2.91. The third kappa shape index (κ3) is 3.66. The summed E-state index contributed by atoms with van der Waals surface area (Å²) in [7, 11) is 1.83. The number of amides is 2. The first-order valence-electron chi connectivity index (χ1n) is 8.65. The van der Waals surface area contributed by atoms with Crippen LogP contribution in [-0.2, 0) is 4.79 Å². The molecule has 1 fully saturated rings. The van der Waals surface area contributed by atoms with Crippen molar-refractivity contribution < 1.29 is 9.59 Å². The first-order chi connectivity index (χ1) is 11.9. The van der Waals surface area contributed by atoms with Gasteiger partial charge in [0.1, 0.15) is 5.69 Å². The summed E-state index contributed by atoms with van der Waals surface area (Å²) < 4.78 is 0. The van der Waals surface area contributed by atoms with E-state index in [0.29, 0.717) is 29.7 Å². The molecular weight excluding hydrogens is 338 g/mol.